The van der Waals surface area contributed by atoms with Crippen molar-refractivity contribution in [3.8, 4) is 0 Å². The minimum absolute atomic E-state index is 0.0399. The lowest BCUT2D eigenvalue weighted by atomic mass is 9.75. The van der Waals surface area contributed by atoms with Crippen LogP contribution in [0.25, 0.3) is 0 Å². The van der Waals surface area contributed by atoms with Gasteiger partial charge in [-0.15, -0.1) is 0 Å². The molecule has 2 N–H and O–H groups in total. The van der Waals surface area contributed by atoms with Gasteiger partial charge in [0, 0.05) is 18.2 Å². The molecule has 5 heteroatoms. The van der Waals surface area contributed by atoms with Gasteiger partial charge in [0.25, 0.3) is 5.69 Å². The third-order valence-corrected chi connectivity index (χ3v) is 4.81. The summed E-state index contributed by atoms with van der Waals surface area (Å²) in [5.74, 6) is 1.17. The number of hydrogen-bond acceptors (Lipinski definition) is 3. The molecule has 3 unspecified atom stereocenters. The van der Waals surface area contributed by atoms with Crippen molar-refractivity contribution in [3.05, 3.63) is 38.9 Å². The molecular weight excluding hydrogens is 276 g/mol. The van der Waals surface area contributed by atoms with Gasteiger partial charge in [0.05, 0.1) is 9.95 Å². The monoisotopic (exact) mass is 296 g/mol. The van der Waals surface area contributed by atoms with E-state index in [-0.39, 0.29) is 11.7 Å². The van der Waals surface area contributed by atoms with Crippen LogP contribution >= 0.6 is 11.6 Å². The van der Waals surface area contributed by atoms with Crippen LogP contribution in [0.2, 0.25) is 5.02 Å². The maximum atomic E-state index is 10.7. The summed E-state index contributed by atoms with van der Waals surface area (Å²) < 4.78 is 0. The first-order valence-corrected chi connectivity index (χ1v) is 7.57. The lowest BCUT2D eigenvalue weighted by Crippen LogP contribution is -2.37. The SMILES string of the molecule is CCC1CCC(N)C(Cc2ccc([N+](=O)[O-])cc2Cl)C1. The van der Waals surface area contributed by atoms with E-state index >= 15 is 0 Å². The summed E-state index contributed by atoms with van der Waals surface area (Å²) in [7, 11) is 0. The zero-order valence-electron chi connectivity index (χ0n) is 11.7. The van der Waals surface area contributed by atoms with Gasteiger partial charge < -0.3 is 5.73 Å². The standard InChI is InChI=1S/C15H21ClN2O2/c1-2-10-3-6-15(17)12(7-10)8-11-4-5-13(18(19)20)9-14(11)16/h4-5,9-10,12,15H,2-3,6-8,17H2,1H3. The molecule has 1 aromatic rings. The second kappa shape index (κ2) is 6.55. The summed E-state index contributed by atoms with van der Waals surface area (Å²) in [6.07, 6.45) is 5.41. The summed E-state index contributed by atoms with van der Waals surface area (Å²) in [6.45, 7) is 2.22. The Kier molecular flexibility index (Phi) is 5.00. The molecule has 0 amide bonds. The largest absolute Gasteiger partial charge is 0.327 e. The third-order valence-electron chi connectivity index (χ3n) is 4.46. The number of benzene rings is 1. The number of rotatable bonds is 4. The van der Waals surface area contributed by atoms with Crippen LogP contribution in [-0.2, 0) is 6.42 Å². The van der Waals surface area contributed by atoms with E-state index in [2.05, 4.69) is 6.92 Å². The number of nitrogens with zero attached hydrogens (tertiary/aromatic N) is 1. The molecule has 4 nitrogen and oxygen atoms in total. The topological polar surface area (TPSA) is 69.2 Å². The Morgan fingerprint density at radius 1 is 1.45 bits per heavy atom. The Balaban J connectivity index is 2.10. The van der Waals surface area contributed by atoms with Gasteiger partial charge in [-0.3, -0.25) is 10.1 Å². The molecule has 0 heterocycles. The fraction of sp³-hybridized carbons (Fsp3) is 0.600. The molecular formula is C15H21ClN2O2. The number of nitrogens with two attached hydrogens (primary N) is 1. The summed E-state index contributed by atoms with van der Waals surface area (Å²) >= 11 is 6.17. The zero-order chi connectivity index (χ0) is 14.7. The zero-order valence-corrected chi connectivity index (χ0v) is 12.5. The van der Waals surface area contributed by atoms with E-state index in [4.69, 9.17) is 17.3 Å². The first-order chi connectivity index (χ1) is 9.51. The molecule has 0 aromatic heterocycles. The van der Waals surface area contributed by atoms with Crippen LogP contribution in [-0.4, -0.2) is 11.0 Å². The van der Waals surface area contributed by atoms with Gasteiger partial charge in [0.2, 0.25) is 0 Å². The van der Waals surface area contributed by atoms with Gasteiger partial charge in [0.1, 0.15) is 0 Å². The van der Waals surface area contributed by atoms with Crippen molar-refractivity contribution in [2.24, 2.45) is 17.6 Å². The average Bonchev–Trinajstić information content (AvgIpc) is 2.43. The van der Waals surface area contributed by atoms with E-state index in [1.54, 1.807) is 6.07 Å². The van der Waals surface area contributed by atoms with Gasteiger partial charge in [-0.05, 0) is 43.1 Å². The molecule has 1 fully saturated rings. The van der Waals surface area contributed by atoms with Crippen LogP contribution in [0.1, 0.15) is 38.2 Å². The van der Waals surface area contributed by atoms with E-state index in [1.807, 2.05) is 0 Å². The normalized spacial score (nSPS) is 26.4. The van der Waals surface area contributed by atoms with Crippen molar-refractivity contribution in [2.75, 3.05) is 0 Å². The van der Waals surface area contributed by atoms with Gasteiger partial charge >= 0.3 is 0 Å². The smallest absolute Gasteiger partial charge is 0.270 e. The number of halogens is 1. The van der Waals surface area contributed by atoms with Crippen LogP contribution in [0.5, 0.6) is 0 Å². The highest BCUT2D eigenvalue weighted by molar-refractivity contribution is 6.31. The van der Waals surface area contributed by atoms with Crippen molar-refractivity contribution < 1.29 is 4.92 Å². The van der Waals surface area contributed by atoms with Crippen molar-refractivity contribution in [1.29, 1.82) is 0 Å². The fourth-order valence-corrected chi connectivity index (χ4v) is 3.34. The molecule has 110 valence electrons. The van der Waals surface area contributed by atoms with Crippen LogP contribution < -0.4 is 5.73 Å². The predicted molar refractivity (Wildman–Crippen MR) is 80.9 cm³/mol. The Hall–Kier alpha value is -1.13. The maximum Gasteiger partial charge on any atom is 0.270 e. The van der Waals surface area contributed by atoms with E-state index in [0.717, 1.165) is 30.7 Å². The number of nitro benzene ring substituents is 1. The van der Waals surface area contributed by atoms with Crippen LogP contribution in [0.4, 0.5) is 5.69 Å². The van der Waals surface area contributed by atoms with E-state index in [9.17, 15) is 10.1 Å². The summed E-state index contributed by atoms with van der Waals surface area (Å²) in [4.78, 5) is 10.3. The first-order valence-electron chi connectivity index (χ1n) is 7.19. The predicted octanol–water partition coefficient (Wildman–Crippen LogP) is 3.94. The number of hydrogen-bond donors (Lipinski definition) is 1. The molecule has 1 aromatic carbocycles. The molecule has 20 heavy (non-hydrogen) atoms. The third kappa shape index (κ3) is 3.49. The van der Waals surface area contributed by atoms with Crippen molar-refractivity contribution in [1.82, 2.24) is 0 Å². The van der Waals surface area contributed by atoms with Crippen molar-refractivity contribution in [2.45, 2.75) is 45.1 Å². The van der Waals surface area contributed by atoms with Crippen molar-refractivity contribution in [3.63, 3.8) is 0 Å². The quantitative estimate of drug-likeness (QED) is 0.675. The minimum Gasteiger partial charge on any atom is -0.327 e. The Bertz CT molecular complexity index is 493. The van der Waals surface area contributed by atoms with Crippen LogP contribution in [0, 0.1) is 22.0 Å². The molecule has 1 aliphatic rings. The van der Waals surface area contributed by atoms with Gasteiger partial charge in [-0.2, -0.15) is 0 Å². The molecule has 1 aliphatic carbocycles. The summed E-state index contributed by atoms with van der Waals surface area (Å²) in [6, 6.07) is 4.93. The fourth-order valence-electron chi connectivity index (χ4n) is 3.09. The molecule has 3 atom stereocenters. The number of non-ortho nitro benzene ring substituents is 1. The molecule has 0 saturated heterocycles. The second-order valence-corrected chi connectivity index (χ2v) is 6.16. The van der Waals surface area contributed by atoms with Crippen LogP contribution in [0.3, 0.4) is 0 Å². The van der Waals surface area contributed by atoms with E-state index < -0.39 is 4.92 Å². The van der Waals surface area contributed by atoms with Gasteiger partial charge in [0.15, 0.2) is 0 Å². The van der Waals surface area contributed by atoms with E-state index in [0.29, 0.717) is 10.9 Å². The van der Waals surface area contributed by atoms with Gasteiger partial charge in [-0.1, -0.05) is 31.0 Å². The summed E-state index contributed by atoms with van der Waals surface area (Å²) in [5.41, 5.74) is 7.23. The molecule has 0 spiro atoms. The minimum atomic E-state index is -0.422. The molecule has 1 saturated carbocycles. The van der Waals surface area contributed by atoms with Crippen molar-refractivity contribution >= 4 is 17.3 Å². The molecule has 0 radical (unpaired) electrons. The molecule has 0 bridgehead atoms. The Morgan fingerprint density at radius 2 is 2.20 bits per heavy atom. The highest BCUT2D eigenvalue weighted by Gasteiger charge is 2.28. The highest BCUT2D eigenvalue weighted by Crippen LogP contribution is 2.34. The second-order valence-electron chi connectivity index (χ2n) is 5.75. The highest BCUT2D eigenvalue weighted by atomic mass is 35.5. The Labute approximate surface area is 124 Å². The first kappa shape index (κ1) is 15.3. The lowest BCUT2D eigenvalue weighted by Gasteiger charge is -2.34. The Morgan fingerprint density at radius 3 is 2.80 bits per heavy atom. The molecule has 0 aliphatic heterocycles. The van der Waals surface area contributed by atoms with Gasteiger partial charge in [-0.25, -0.2) is 0 Å². The van der Waals surface area contributed by atoms with Crippen LogP contribution in [0.15, 0.2) is 18.2 Å². The lowest BCUT2D eigenvalue weighted by molar-refractivity contribution is -0.384. The number of nitro groups is 1. The molecule has 2 rings (SSSR count). The summed E-state index contributed by atoms with van der Waals surface area (Å²) in [5, 5.41) is 11.2. The van der Waals surface area contributed by atoms with E-state index in [1.165, 1.54) is 25.0 Å². The average molecular weight is 297 g/mol. The maximum absolute atomic E-state index is 10.7.